The van der Waals surface area contributed by atoms with E-state index in [1.165, 1.54) is 0 Å². The molecule has 1 aromatic heterocycles. The van der Waals surface area contributed by atoms with E-state index in [0.29, 0.717) is 6.42 Å². The van der Waals surface area contributed by atoms with Crippen molar-refractivity contribution >= 4 is 29.1 Å². The molecule has 1 aromatic rings. The van der Waals surface area contributed by atoms with Crippen LogP contribution in [0.25, 0.3) is 0 Å². The van der Waals surface area contributed by atoms with Gasteiger partial charge in [-0.05, 0) is 19.4 Å². The van der Waals surface area contributed by atoms with Gasteiger partial charge in [0.15, 0.2) is 0 Å². The monoisotopic (exact) mass is 238 g/mol. The number of hydrogen-bond donors (Lipinski definition) is 2. The SMILES string of the molecule is CCC(C)(C(=O)Nc1ncccn1)C(N)=S. The zero-order valence-corrected chi connectivity index (χ0v) is 10.0. The third-order valence-corrected chi connectivity index (χ3v) is 2.99. The van der Waals surface area contributed by atoms with Gasteiger partial charge in [-0.25, -0.2) is 9.97 Å². The minimum atomic E-state index is -0.867. The Bertz CT molecular complexity index is 395. The lowest BCUT2D eigenvalue weighted by Gasteiger charge is -2.24. The second-order valence-electron chi connectivity index (χ2n) is 3.58. The molecule has 5 nitrogen and oxygen atoms in total. The van der Waals surface area contributed by atoms with Crippen LogP contribution in [0.2, 0.25) is 0 Å². The van der Waals surface area contributed by atoms with Gasteiger partial charge < -0.3 is 5.73 Å². The molecule has 3 N–H and O–H groups in total. The second kappa shape index (κ2) is 4.98. The largest absolute Gasteiger partial charge is 0.392 e. The van der Waals surface area contributed by atoms with Gasteiger partial charge >= 0.3 is 0 Å². The highest BCUT2D eigenvalue weighted by Crippen LogP contribution is 2.23. The number of rotatable bonds is 4. The number of amides is 1. The van der Waals surface area contributed by atoms with E-state index in [2.05, 4.69) is 15.3 Å². The number of thiocarbonyl (C=S) groups is 1. The van der Waals surface area contributed by atoms with Gasteiger partial charge in [0.1, 0.15) is 0 Å². The average molecular weight is 238 g/mol. The van der Waals surface area contributed by atoms with Gasteiger partial charge in [-0.1, -0.05) is 19.1 Å². The average Bonchev–Trinajstić information content (AvgIpc) is 2.28. The molecule has 0 aliphatic heterocycles. The molecule has 1 unspecified atom stereocenters. The zero-order chi connectivity index (χ0) is 12.2. The third-order valence-electron chi connectivity index (χ3n) is 2.54. The first kappa shape index (κ1) is 12.5. The van der Waals surface area contributed by atoms with E-state index in [4.69, 9.17) is 18.0 Å². The highest BCUT2D eigenvalue weighted by Gasteiger charge is 2.34. The maximum Gasteiger partial charge on any atom is 0.239 e. The summed E-state index contributed by atoms with van der Waals surface area (Å²) in [5.74, 6) is -0.0304. The number of carbonyl (C=O) groups excluding carboxylic acids is 1. The number of anilines is 1. The molecular formula is C10H14N4OS. The molecule has 0 aliphatic carbocycles. The highest BCUT2D eigenvalue weighted by molar-refractivity contribution is 7.80. The van der Waals surface area contributed by atoms with Crippen molar-refractivity contribution in [3.8, 4) is 0 Å². The van der Waals surface area contributed by atoms with Crippen LogP contribution in [0.15, 0.2) is 18.5 Å². The van der Waals surface area contributed by atoms with Gasteiger partial charge in [0.25, 0.3) is 0 Å². The molecule has 1 heterocycles. The molecule has 0 aromatic carbocycles. The first-order valence-electron chi connectivity index (χ1n) is 4.89. The summed E-state index contributed by atoms with van der Waals surface area (Å²) in [4.78, 5) is 19.9. The lowest BCUT2D eigenvalue weighted by molar-refractivity contribution is -0.121. The Balaban J connectivity index is 2.83. The molecule has 0 fully saturated rings. The van der Waals surface area contributed by atoms with Crippen LogP contribution in [0.5, 0.6) is 0 Å². The lowest BCUT2D eigenvalue weighted by Crippen LogP contribution is -2.43. The number of nitrogens with zero attached hydrogens (tertiary/aromatic N) is 2. The number of nitrogens with one attached hydrogen (secondary N) is 1. The Hall–Kier alpha value is -1.56. The van der Waals surface area contributed by atoms with E-state index in [0.717, 1.165) is 0 Å². The third kappa shape index (κ3) is 2.52. The summed E-state index contributed by atoms with van der Waals surface area (Å²) in [7, 11) is 0. The Kier molecular flexibility index (Phi) is 3.89. The minimum absolute atomic E-state index is 0.170. The summed E-state index contributed by atoms with van der Waals surface area (Å²) in [6.07, 6.45) is 3.63. The van der Waals surface area contributed by atoms with E-state index in [1.54, 1.807) is 25.4 Å². The van der Waals surface area contributed by atoms with E-state index in [-0.39, 0.29) is 16.8 Å². The zero-order valence-electron chi connectivity index (χ0n) is 9.23. The van der Waals surface area contributed by atoms with Crippen LogP contribution in [0.1, 0.15) is 20.3 Å². The molecule has 6 heteroatoms. The number of carbonyl (C=O) groups is 1. The van der Waals surface area contributed by atoms with E-state index in [9.17, 15) is 4.79 Å². The quantitative estimate of drug-likeness (QED) is 0.768. The fourth-order valence-corrected chi connectivity index (χ4v) is 1.29. The van der Waals surface area contributed by atoms with E-state index < -0.39 is 5.41 Å². The molecule has 86 valence electrons. The summed E-state index contributed by atoms with van der Waals surface area (Å²) >= 11 is 4.90. The van der Waals surface area contributed by atoms with Crippen molar-refractivity contribution in [3.63, 3.8) is 0 Å². The Morgan fingerprint density at radius 3 is 2.56 bits per heavy atom. The van der Waals surface area contributed by atoms with Crippen LogP contribution in [-0.2, 0) is 4.79 Å². The normalized spacial score (nSPS) is 13.9. The van der Waals surface area contributed by atoms with Crippen molar-refractivity contribution in [2.45, 2.75) is 20.3 Å². The smallest absolute Gasteiger partial charge is 0.239 e. The van der Waals surface area contributed by atoms with Crippen molar-refractivity contribution in [2.24, 2.45) is 11.1 Å². The maximum absolute atomic E-state index is 11.9. The summed E-state index contributed by atoms with van der Waals surface area (Å²) in [5, 5.41) is 2.59. The van der Waals surface area contributed by atoms with Gasteiger partial charge in [-0.15, -0.1) is 0 Å². The fraction of sp³-hybridized carbons (Fsp3) is 0.400. The van der Waals surface area contributed by atoms with Crippen LogP contribution in [0, 0.1) is 5.41 Å². The first-order valence-corrected chi connectivity index (χ1v) is 5.30. The Morgan fingerprint density at radius 1 is 1.56 bits per heavy atom. The maximum atomic E-state index is 11.9. The molecule has 0 saturated heterocycles. The van der Waals surface area contributed by atoms with Gasteiger partial charge in [0, 0.05) is 12.4 Å². The summed E-state index contributed by atoms with van der Waals surface area (Å²) < 4.78 is 0. The molecule has 0 bridgehead atoms. The number of nitrogens with two attached hydrogens (primary N) is 1. The van der Waals surface area contributed by atoms with Crippen molar-refractivity contribution in [1.82, 2.24) is 9.97 Å². The van der Waals surface area contributed by atoms with Crippen molar-refractivity contribution < 1.29 is 4.79 Å². The number of aromatic nitrogens is 2. The molecule has 16 heavy (non-hydrogen) atoms. The van der Waals surface area contributed by atoms with Crippen LogP contribution < -0.4 is 11.1 Å². The van der Waals surface area contributed by atoms with Crippen LogP contribution in [0.4, 0.5) is 5.95 Å². The van der Waals surface area contributed by atoms with Gasteiger partial charge in [-0.3, -0.25) is 10.1 Å². The highest BCUT2D eigenvalue weighted by atomic mass is 32.1. The van der Waals surface area contributed by atoms with Crippen LogP contribution in [0.3, 0.4) is 0 Å². The first-order chi connectivity index (χ1) is 7.50. The van der Waals surface area contributed by atoms with Crippen molar-refractivity contribution in [1.29, 1.82) is 0 Å². The molecule has 0 aliphatic rings. The van der Waals surface area contributed by atoms with E-state index in [1.807, 2.05) is 6.92 Å². The molecule has 1 rings (SSSR count). The fourth-order valence-electron chi connectivity index (χ4n) is 1.05. The summed E-state index contributed by atoms with van der Waals surface area (Å²) in [6.45, 7) is 3.55. The Morgan fingerprint density at radius 2 is 2.12 bits per heavy atom. The van der Waals surface area contributed by atoms with Gasteiger partial charge in [-0.2, -0.15) is 0 Å². The molecule has 0 radical (unpaired) electrons. The Labute approximate surface area is 99.5 Å². The summed E-state index contributed by atoms with van der Waals surface area (Å²) in [6, 6.07) is 1.67. The molecule has 0 saturated carbocycles. The predicted molar refractivity (Wildman–Crippen MR) is 65.8 cm³/mol. The lowest BCUT2D eigenvalue weighted by atomic mass is 9.86. The minimum Gasteiger partial charge on any atom is -0.392 e. The van der Waals surface area contributed by atoms with E-state index >= 15 is 0 Å². The molecule has 0 spiro atoms. The second-order valence-corrected chi connectivity index (χ2v) is 4.02. The number of hydrogen-bond acceptors (Lipinski definition) is 4. The summed E-state index contributed by atoms with van der Waals surface area (Å²) in [5.41, 5.74) is 4.70. The molecule has 1 amide bonds. The molecule has 1 atom stereocenters. The van der Waals surface area contributed by atoms with Gasteiger partial charge in [0.05, 0.1) is 10.4 Å². The van der Waals surface area contributed by atoms with Crippen molar-refractivity contribution in [3.05, 3.63) is 18.5 Å². The van der Waals surface area contributed by atoms with Crippen LogP contribution >= 0.6 is 12.2 Å². The van der Waals surface area contributed by atoms with Crippen molar-refractivity contribution in [2.75, 3.05) is 5.32 Å². The van der Waals surface area contributed by atoms with Crippen LogP contribution in [-0.4, -0.2) is 20.9 Å². The standard InChI is InChI=1S/C10H14N4OS/c1-3-10(2,7(11)16)8(15)14-9-12-5-4-6-13-9/h4-6H,3H2,1-2H3,(H2,11,16)(H,12,13,14,15). The topological polar surface area (TPSA) is 80.9 Å². The molecular weight excluding hydrogens is 224 g/mol. The van der Waals surface area contributed by atoms with Gasteiger partial charge in [0.2, 0.25) is 11.9 Å². The predicted octanol–water partition coefficient (Wildman–Crippen LogP) is 1.12.